The average molecular weight is 219 g/mol. The Labute approximate surface area is 98.0 Å². The van der Waals surface area contributed by atoms with Gasteiger partial charge in [0.05, 0.1) is 17.4 Å². The van der Waals surface area contributed by atoms with Crippen LogP contribution in [-0.2, 0) is 6.42 Å². The van der Waals surface area contributed by atoms with Crippen molar-refractivity contribution in [1.82, 2.24) is 15.5 Å². The molecule has 0 aromatic carbocycles. The minimum absolute atomic E-state index is 0.184. The third kappa shape index (κ3) is 3.14. The summed E-state index contributed by atoms with van der Waals surface area (Å²) in [6.45, 7) is 11.1. The molecule has 1 heterocycles. The Morgan fingerprint density at radius 3 is 2.75 bits per heavy atom. The summed E-state index contributed by atoms with van der Waals surface area (Å²) in [5, 5.41) is 11.8. The van der Waals surface area contributed by atoms with Crippen LogP contribution in [0, 0.1) is 6.92 Å². The monoisotopic (exact) mass is 219 g/mol. The highest BCUT2D eigenvalue weighted by Gasteiger charge is 2.12. The van der Waals surface area contributed by atoms with Crippen LogP contribution in [0.15, 0.2) is 18.7 Å². The Bertz CT molecular complexity index is 347. The maximum Gasteiger partial charge on any atom is 0.0679 e. The van der Waals surface area contributed by atoms with Crippen molar-refractivity contribution in [3.63, 3.8) is 0 Å². The second-order valence-electron chi connectivity index (χ2n) is 3.91. The lowest BCUT2D eigenvalue weighted by molar-refractivity contribution is 0.603. The quantitative estimate of drug-likeness (QED) is 0.747. The van der Waals surface area contributed by atoms with Gasteiger partial charge in [0.15, 0.2) is 0 Å². The first kappa shape index (κ1) is 12.8. The van der Waals surface area contributed by atoms with Gasteiger partial charge in [0, 0.05) is 0 Å². The fourth-order valence-corrected chi connectivity index (χ4v) is 1.70. The lowest BCUT2D eigenvalue weighted by Crippen LogP contribution is -2.22. The summed E-state index contributed by atoms with van der Waals surface area (Å²) in [6, 6.07) is 2.28. The van der Waals surface area contributed by atoms with Crippen LogP contribution in [-0.4, -0.2) is 16.7 Å². The standard InChI is InChI=1S/C13H21N3/c1-5-8-14-12(6-2)11-9-10(4)15-16-13(11)7-3/h6,9,12,14H,2,5,7-8H2,1,3-4H3. The van der Waals surface area contributed by atoms with Gasteiger partial charge in [-0.15, -0.1) is 6.58 Å². The van der Waals surface area contributed by atoms with Crippen LogP contribution in [0.5, 0.6) is 0 Å². The first-order valence-corrected chi connectivity index (χ1v) is 5.91. The fourth-order valence-electron chi connectivity index (χ4n) is 1.70. The van der Waals surface area contributed by atoms with Crippen molar-refractivity contribution in [2.45, 2.75) is 39.7 Å². The number of nitrogens with one attached hydrogen (secondary N) is 1. The summed E-state index contributed by atoms with van der Waals surface area (Å²) in [4.78, 5) is 0. The molecule has 88 valence electrons. The molecule has 1 aromatic rings. The van der Waals surface area contributed by atoms with E-state index in [-0.39, 0.29) is 6.04 Å². The molecule has 1 N–H and O–H groups in total. The highest BCUT2D eigenvalue weighted by Crippen LogP contribution is 2.18. The lowest BCUT2D eigenvalue weighted by Gasteiger charge is -2.17. The molecule has 0 aliphatic carbocycles. The number of aromatic nitrogens is 2. The second kappa shape index (κ2) is 6.38. The smallest absolute Gasteiger partial charge is 0.0679 e. The van der Waals surface area contributed by atoms with E-state index >= 15 is 0 Å². The molecule has 0 aliphatic rings. The van der Waals surface area contributed by atoms with Gasteiger partial charge in [-0.25, -0.2) is 0 Å². The number of aryl methyl sites for hydroxylation is 2. The Morgan fingerprint density at radius 1 is 1.44 bits per heavy atom. The summed E-state index contributed by atoms with van der Waals surface area (Å²) in [5.41, 5.74) is 3.22. The lowest BCUT2D eigenvalue weighted by atomic mass is 10.0. The minimum Gasteiger partial charge on any atom is -0.307 e. The Kier molecular flexibility index (Phi) is 5.12. The SMILES string of the molecule is C=CC(NCCC)c1cc(C)nnc1CC. The van der Waals surface area contributed by atoms with Crippen molar-refractivity contribution in [3.05, 3.63) is 35.7 Å². The number of rotatable bonds is 6. The van der Waals surface area contributed by atoms with E-state index in [4.69, 9.17) is 0 Å². The highest BCUT2D eigenvalue weighted by atomic mass is 15.1. The van der Waals surface area contributed by atoms with E-state index in [2.05, 4.69) is 42.0 Å². The molecule has 3 nitrogen and oxygen atoms in total. The van der Waals surface area contributed by atoms with Crippen LogP contribution in [0.3, 0.4) is 0 Å². The van der Waals surface area contributed by atoms with Gasteiger partial charge in [-0.1, -0.05) is 19.9 Å². The molecule has 0 saturated carbocycles. The van der Waals surface area contributed by atoms with Gasteiger partial charge in [-0.05, 0) is 37.9 Å². The summed E-state index contributed by atoms with van der Waals surface area (Å²) in [6.07, 6.45) is 3.95. The first-order valence-electron chi connectivity index (χ1n) is 5.91. The van der Waals surface area contributed by atoms with Crippen molar-refractivity contribution in [1.29, 1.82) is 0 Å². The molecule has 3 heteroatoms. The minimum atomic E-state index is 0.184. The zero-order valence-electron chi connectivity index (χ0n) is 10.5. The van der Waals surface area contributed by atoms with E-state index in [9.17, 15) is 0 Å². The molecule has 0 saturated heterocycles. The van der Waals surface area contributed by atoms with Gasteiger partial charge in [0.1, 0.15) is 0 Å². The predicted octanol–water partition coefficient (Wildman–Crippen LogP) is 2.57. The van der Waals surface area contributed by atoms with Crippen LogP contribution in [0.1, 0.15) is 43.3 Å². The third-order valence-corrected chi connectivity index (χ3v) is 2.55. The second-order valence-corrected chi connectivity index (χ2v) is 3.91. The zero-order chi connectivity index (χ0) is 12.0. The molecule has 0 radical (unpaired) electrons. The molecule has 1 atom stereocenters. The molecular formula is C13H21N3. The molecule has 0 bridgehead atoms. The summed E-state index contributed by atoms with van der Waals surface area (Å²) < 4.78 is 0. The van der Waals surface area contributed by atoms with Crippen LogP contribution in [0.2, 0.25) is 0 Å². The van der Waals surface area contributed by atoms with Gasteiger partial charge in [-0.2, -0.15) is 10.2 Å². The molecular weight excluding hydrogens is 198 g/mol. The van der Waals surface area contributed by atoms with E-state index in [0.717, 1.165) is 30.8 Å². The molecule has 1 unspecified atom stereocenters. The predicted molar refractivity (Wildman–Crippen MR) is 67.4 cm³/mol. The molecule has 0 aliphatic heterocycles. The van der Waals surface area contributed by atoms with Gasteiger partial charge in [-0.3, -0.25) is 0 Å². The molecule has 0 spiro atoms. The van der Waals surface area contributed by atoms with Crippen LogP contribution in [0.4, 0.5) is 0 Å². The van der Waals surface area contributed by atoms with Crippen LogP contribution < -0.4 is 5.32 Å². The maximum absolute atomic E-state index is 4.24. The van der Waals surface area contributed by atoms with E-state index in [1.807, 2.05) is 13.0 Å². The number of nitrogens with zero attached hydrogens (tertiary/aromatic N) is 2. The topological polar surface area (TPSA) is 37.8 Å². The van der Waals surface area contributed by atoms with E-state index < -0.39 is 0 Å². The van der Waals surface area contributed by atoms with Crippen molar-refractivity contribution in [2.24, 2.45) is 0 Å². The number of hydrogen-bond donors (Lipinski definition) is 1. The Morgan fingerprint density at radius 2 is 2.19 bits per heavy atom. The van der Waals surface area contributed by atoms with E-state index in [1.165, 1.54) is 5.56 Å². The summed E-state index contributed by atoms with van der Waals surface area (Å²) in [7, 11) is 0. The van der Waals surface area contributed by atoms with E-state index in [0.29, 0.717) is 0 Å². The van der Waals surface area contributed by atoms with Crippen LogP contribution >= 0.6 is 0 Å². The van der Waals surface area contributed by atoms with Crippen molar-refractivity contribution >= 4 is 0 Å². The normalized spacial score (nSPS) is 12.4. The summed E-state index contributed by atoms with van der Waals surface area (Å²) in [5.74, 6) is 0. The van der Waals surface area contributed by atoms with Gasteiger partial charge in [0.25, 0.3) is 0 Å². The zero-order valence-corrected chi connectivity index (χ0v) is 10.5. The molecule has 0 fully saturated rings. The number of hydrogen-bond acceptors (Lipinski definition) is 3. The molecule has 16 heavy (non-hydrogen) atoms. The molecule has 1 aromatic heterocycles. The van der Waals surface area contributed by atoms with E-state index in [1.54, 1.807) is 0 Å². The van der Waals surface area contributed by atoms with Crippen LogP contribution in [0.25, 0.3) is 0 Å². The van der Waals surface area contributed by atoms with Gasteiger partial charge in [0.2, 0.25) is 0 Å². The maximum atomic E-state index is 4.24. The Hall–Kier alpha value is -1.22. The van der Waals surface area contributed by atoms with Gasteiger partial charge < -0.3 is 5.32 Å². The Balaban J connectivity index is 2.97. The van der Waals surface area contributed by atoms with Crippen molar-refractivity contribution < 1.29 is 0 Å². The first-order chi connectivity index (χ1) is 7.72. The summed E-state index contributed by atoms with van der Waals surface area (Å²) >= 11 is 0. The highest BCUT2D eigenvalue weighted by molar-refractivity contribution is 5.27. The largest absolute Gasteiger partial charge is 0.307 e. The molecule has 0 amide bonds. The van der Waals surface area contributed by atoms with Crippen molar-refractivity contribution in [3.8, 4) is 0 Å². The average Bonchev–Trinajstić information content (AvgIpc) is 2.30. The molecule has 1 rings (SSSR count). The van der Waals surface area contributed by atoms with Crippen molar-refractivity contribution in [2.75, 3.05) is 6.54 Å². The van der Waals surface area contributed by atoms with Gasteiger partial charge >= 0.3 is 0 Å². The third-order valence-electron chi connectivity index (χ3n) is 2.55. The fraction of sp³-hybridized carbons (Fsp3) is 0.538.